The number of carboxylic acid groups (broad SMARTS) is 2. The fourth-order valence-electron chi connectivity index (χ4n) is 4.86. The van der Waals surface area contributed by atoms with Crippen LogP contribution in [0.5, 0.6) is 0 Å². The van der Waals surface area contributed by atoms with Crippen molar-refractivity contribution in [3.63, 3.8) is 0 Å². The molecule has 2 saturated heterocycles. The standard InChI is InChI=1S/C23H36O12/c24-14(4-6-16-8-22(32,10-18(26)27)12-20(30)34-16)2-1-3-15(25)5-7-17-9-23(33,11-19(28)29)13-21(31)35-17/h14-17,24-25,32-33H,1-13H2,(H,26,27)(H,28,29). The highest BCUT2D eigenvalue weighted by Crippen LogP contribution is 2.32. The Labute approximate surface area is 202 Å². The largest absolute Gasteiger partial charge is 0.481 e. The molecule has 35 heavy (non-hydrogen) atoms. The number of cyclic esters (lactones) is 2. The number of hydrogen-bond donors (Lipinski definition) is 6. The first kappa shape index (κ1) is 29.0. The zero-order valence-corrected chi connectivity index (χ0v) is 19.6. The molecule has 0 radical (unpaired) electrons. The van der Waals surface area contributed by atoms with Gasteiger partial charge in [0, 0.05) is 12.8 Å². The summed E-state index contributed by atoms with van der Waals surface area (Å²) in [6, 6.07) is 0. The highest BCUT2D eigenvalue weighted by atomic mass is 16.6. The lowest BCUT2D eigenvalue weighted by molar-refractivity contribution is -0.176. The van der Waals surface area contributed by atoms with Crippen LogP contribution in [-0.2, 0) is 28.7 Å². The molecule has 200 valence electrons. The van der Waals surface area contributed by atoms with Crippen molar-refractivity contribution in [2.75, 3.05) is 0 Å². The number of hydrogen-bond acceptors (Lipinski definition) is 10. The fourth-order valence-corrected chi connectivity index (χ4v) is 4.86. The molecule has 2 aliphatic heterocycles. The van der Waals surface area contributed by atoms with Crippen molar-refractivity contribution >= 4 is 23.9 Å². The van der Waals surface area contributed by atoms with Crippen LogP contribution in [0.25, 0.3) is 0 Å². The lowest BCUT2D eigenvalue weighted by atomic mass is 9.85. The molecule has 2 fully saturated rings. The summed E-state index contributed by atoms with van der Waals surface area (Å²) in [7, 11) is 0. The number of carbonyl (C=O) groups is 4. The third-order valence-electron chi connectivity index (χ3n) is 6.44. The molecule has 6 N–H and O–H groups in total. The Morgan fingerprint density at radius 1 is 0.771 bits per heavy atom. The number of esters is 2. The first-order valence-electron chi connectivity index (χ1n) is 11.9. The summed E-state index contributed by atoms with van der Waals surface area (Å²) in [5, 5.41) is 58.9. The molecule has 0 spiro atoms. The van der Waals surface area contributed by atoms with Gasteiger partial charge in [0.1, 0.15) is 12.2 Å². The molecule has 0 amide bonds. The summed E-state index contributed by atoms with van der Waals surface area (Å²) in [5.41, 5.74) is -3.31. The Bertz CT molecular complexity index is 700. The van der Waals surface area contributed by atoms with E-state index in [2.05, 4.69) is 0 Å². The molecule has 0 bridgehead atoms. The number of carboxylic acids is 2. The van der Waals surface area contributed by atoms with Gasteiger partial charge in [-0.2, -0.15) is 0 Å². The molecular weight excluding hydrogens is 468 g/mol. The van der Waals surface area contributed by atoms with E-state index in [1.807, 2.05) is 0 Å². The van der Waals surface area contributed by atoms with Crippen LogP contribution in [0.15, 0.2) is 0 Å². The highest BCUT2D eigenvalue weighted by molar-refractivity contribution is 5.75. The summed E-state index contributed by atoms with van der Waals surface area (Å²) >= 11 is 0. The second-order valence-electron chi connectivity index (χ2n) is 9.97. The summed E-state index contributed by atoms with van der Waals surface area (Å²) in [6.45, 7) is 0. The normalized spacial score (nSPS) is 30.7. The van der Waals surface area contributed by atoms with Crippen molar-refractivity contribution in [2.45, 2.75) is 119 Å². The fraction of sp³-hybridized carbons (Fsp3) is 0.826. The van der Waals surface area contributed by atoms with Gasteiger partial charge in [-0.3, -0.25) is 19.2 Å². The minimum Gasteiger partial charge on any atom is -0.481 e. The Balaban J connectivity index is 1.65. The van der Waals surface area contributed by atoms with Crippen molar-refractivity contribution in [3.8, 4) is 0 Å². The predicted octanol–water partition coefficient (Wildman–Crippen LogP) is 0.262. The second kappa shape index (κ2) is 12.6. The third kappa shape index (κ3) is 10.5. The van der Waals surface area contributed by atoms with Gasteiger partial charge in [-0.25, -0.2) is 0 Å². The van der Waals surface area contributed by atoms with Crippen LogP contribution in [0.4, 0.5) is 0 Å². The minimum absolute atomic E-state index is 0.0101. The van der Waals surface area contributed by atoms with Crippen LogP contribution in [0, 0.1) is 0 Å². The average Bonchev–Trinajstić information content (AvgIpc) is 2.67. The predicted molar refractivity (Wildman–Crippen MR) is 117 cm³/mol. The number of aliphatic carboxylic acids is 2. The maximum absolute atomic E-state index is 11.7. The molecule has 2 aliphatic rings. The summed E-state index contributed by atoms with van der Waals surface area (Å²) < 4.78 is 10.3. The monoisotopic (exact) mass is 504 g/mol. The Morgan fingerprint density at radius 2 is 1.14 bits per heavy atom. The zero-order valence-electron chi connectivity index (χ0n) is 19.6. The average molecular weight is 505 g/mol. The van der Waals surface area contributed by atoms with E-state index in [1.165, 1.54) is 0 Å². The van der Waals surface area contributed by atoms with Crippen LogP contribution in [-0.4, -0.2) is 90.1 Å². The topological polar surface area (TPSA) is 208 Å². The van der Waals surface area contributed by atoms with Crippen molar-refractivity contribution in [2.24, 2.45) is 0 Å². The van der Waals surface area contributed by atoms with Gasteiger partial charge in [0.15, 0.2) is 0 Å². The van der Waals surface area contributed by atoms with E-state index in [4.69, 9.17) is 19.7 Å². The Morgan fingerprint density at radius 3 is 1.49 bits per heavy atom. The molecular formula is C23H36O12. The SMILES string of the molecule is O=C(O)CC1(O)CC(=O)OC(CCC(O)CCCC(O)CCC2CC(O)(CC(=O)O)CC(=O)O2)C1. The van der Waals surface area contributed by atoms with Crippen molar-refractivity contribution in [3.05, 3.63) is 0 Å². The number of carbonyl (C=O) groups excluding carboxylic acids is 2. The first-order chi connectivity index (χ1) is 16.3. The van der Waals surface area contributed by atoms with E-state index in [1.54, 1.807) is 0 Å². The second-order valence-corrected chi connectivity index (χ2v) is 9.97. The molecule has 6 unspecified atom stereocenters. The molecule has 0 aromatic rings. The molecule has 2 rings (SSSR count). The first-order valence-corrected chi connectivity index (χ1v) is 11.9. The van der Waals surface area contributed by atoms with Gasteiger partial charge in [-0.15, -0.1) is 0 Å². The lowest BCUT2D eigenvalue weighted by Gasteiger charge is -2.35. The van der Waals surface area contributed by atoms with E-state index in [-0.39, 0.29) is 51.4 Å². The summed E-state index contributed by atoms with van der Waals surface area (Å²) in [6.07, 6.45) is -2.42. The van der Waals surface area contributed by atoms with Gasteiger partial charge in [0.05, 0.1) is 49.1 Å². The Kier molecular flexibility index (Phi) is 10.4. The smallest absolute Gasteiger partial charge is 0.309 e. The van der Waals surface area contributed by atoms with Crippen LogP contribution < -0.4 is 0 Å². The van der Waals surface area contributed by atoms with Gasteiger partial charge >= 0.3 is 23.9 Å². The number of aliphatic hydroxyl groups excluding tert-OH is 2. The number of rotatable bonds is 14. The van der Waals surface area contributed by atoms with Gasteiger partial charge < -0.3 is 40.1 Å². The van der Waals surface area contributed by atoms with E-state index in [0.29, 0.717) is 19.3 Å². The molecule has 6 atom stereocenters. The number of aliphatic hydroxyl groups is 4. The van der Waals surface area contributed by atoms with E-state index < -0.39 is 72.3 Å². The molecule has 0 aromatic carbocycles. The molecule has 0 aromatic heterocycles. The van der Waals surface area contributed by atoms with Crippen molar-refractivity contribution in [1.82, 2.24) is 0 Å². The molecule has 12 heteroatoms. The minimum atomic E-state index is -1.66. The lowest BCUT2D eigenvalue weighted by Crippen LogP contribution is -2.44. The van der Waals surface area contributed by atoms with E-state index >= 15 is 0 Å². The molecule has 0 aliphatic carbocycles. The molecule has 12 nitrogen and oxygen atoms in total. The maximum atomic E-state index is 11.7. The molecule has 0 saturated carbocycles. The van der Waals surface area contributed by atoms with E-state index in [9.17, 15) is 39.6 Å². The van der Waals surface area contributed by atoms with Crippen LogP contribution in [0.3, 0.4) is 0 Å². The van der Waals surface area contributed by atoms with Crippen molar-refractivity contribution < 1.29 is 59.3 Å². The zero-order chi connectivity index (χ0) is 26.2. The van der Waals surface area contributed by atoms with E-state index in [0.717, 1.165) is 0 Å². The molecule has 2 heterocycles. The quantitative estimate of drug-likeness (QED) is 0.176. The summed E-state index contributed by atoms with van der Waals surface area (Å²) in [4.78, 5) is 45.2. The van der Waals surface area contributed by atoms with Crippen molar-refractivity contribution in [1.29, 1.82) is 0 Å². The van der Waals surface area contributed by atoms with Gasteiger partial charge in [0.2, 0.25) is 0 Å². The van der Waals surface area contributed by atoms with Crippen LogP contribution >= 0.6 is 0 Å². The van der Waals surface area contributed by atoms with Gasteiger partial charge in [0.25, 0.3) is 0 Å². The number of ether oxygens (including phenoxy) is 2. The van der Waals surface area contributed by atoms with Crippen LogP contribution in [0.1, 0.15) is 83.5 Å². The summed E-state index contributed by atoms with van der Waals surface area (Å²) in [5.74, 6) is -3.77. The third-order valence-corrected chi connectivity index (χ3v) is 6.44. The Hall–Kier alpha value is -2.28. The highest BCUT2D eigenvalue weighted by Gasteiger charge is 2.42. The van der Waals surface area contributed by atoms with Gasteiger partial charge in [-0.05, 0) is 44.9 Å². The van der Waals surface area contributed by atoms with Gasteiger partial charge in [-0.1, -0.05) is 0 Å². The maximum Gasteiger partial charge on any atom is 0.309 e. The van der Waals surface area contributed by atoms with Crippen LogP contribution in [0.2, 0.25) is 0 Å².